The van der Waals surface area contributed by atoms with Crippen molar-refractivity contribution in [3.8, 4) is 11.1 Å². The lowest BCUT2D eigenvalue weighted by Crippen LogP contribution is -2.33. The molecule has 1 aromatic heterocycles. The van der Waals surface area contributed by atoms with Gasteiger partial charge in [-0.1, -0.05) is 6.92 Å². The smallest absolute Gasteiger partial charge is 0.414 e. The van der Waals surface area contributed by atoms with Gasteiger partial charge in [0.25, 0.3) is 0 Å². The Hall–Kier alpha value is -3.03. The van der Waals surface area contributed by atoms with Crippen LogP contribution in [-0.4, -0.2) is 36.2 Å². The highest BCUT2D eigenvalue weighted by Crippen LogP contribution is 2.32. The average molecular weight is 375 g/mol. The topological polar surface area (TPSA) is 71.5 Å². The first-order valence-corrected chi connectivity index (χ1v) is 8.56. The van der Waals surface area contributed by atoms with E-state index in [1.165, 1.54) is 19.2 Å². The number of pyridine rings is 1. The molecule has 2 heterocycles. The minimum Gasteiger partial charge on any atom is -0.442 e. The van der Waals surface area contributed by atoms with Gasteiger partial charge in [0.15, 0.2) is 0 Å². The van der Waals surface area contributed by atoms with Crippen LogP contribution in [0.5, 0.6) is 0 Å². The number of aromatic nitrogens is 1. The largest absolute Gasteiger partial charge is 0.442 e. The fourth-order valence-corrected chi connectivity index (χ4v) is 2.91. The number of halogens is 2. The summed E-state index contributed by atoms with van der Waals surface area (Å²) in [6, 6.07) is 5.38. The van der Waals surface area contributed by atoms with Crippen molar-refractivity contribution in [1.29, 1.82) is 0 Å². The molecule has 3 rings (SSSR count). The highest BCUT2D eigenvalue weighted by Gasteiger charge is 2.33. The van der Waals surface area contributed by atoms with Crippen molar-refractivity contribution in [2.75, 3.05) is 18.0 Å². The molecule has 0 bridgehead atoms. The second-order valence-corrected chi connectivity index (χ2v) is 6.23. The molecule has 27 heavy (non-hydrogen) atoms. The number of cyclic esters (lactones) is 1. The molecule has 1 aromatic carbocycles. The number of aryl methyl sites for hydroxylation is 1. The molecule has 1 atom stereocenters. The van der Waals surface area contributed by atoms with Crippen LogP contribution in [0, 0.1) is 11.6 Å². The van der Waals surface area contributed by atoms with Crippen molar-refractivity contribution >= 4 is 17.7 Å². The van der Waals surface area contributed by atoms with Crippen LogP contribution in [0.4, 0.5) is 19.3 Å². The molecule has 0 saturated carbocycles. The first-order chi connectivity index (χ1) is 12.9. The average Bonchev–Trinajstić information content (AvgIpc) is 3.00. The van der Waals surface area contributed by atoms with Crippen LogP contribution in [-0.2, 0) is 16.0 Å². The van der Waals surface area contributed by atoms with Crippen LogP contribution in [0.15, 0.2) is 30.5 Å². The SMILES string of the molecule is CCc1cc(-c2c(F)cc(N3CC(CNC(C)=O)OC3=O)cc2F)ccn1. The normalized spacial score (nSPS) is 16.4. The summed E-state index contributed by atoms with van der Waals surface area (Å²) in [7, 11) is 0. The van der Waals surface area contributed by atoms with E-state index in [-0.39, 0.29) is 30.2 Å². The predicted octanol–water partition coefficient (Wildman–Crippen LogP) is 3.05. The zero-order valence-electron chi connectivity index (χ0n) is 15.0. The number of hydrogen-bond acceptors (Lipinski definition) is 4. The minimum atomic E-state index is -0.781. The molecule has 2 aromatic rings. The molecule has 0 aliphatic carbocycles. The molecule has 1 N–H and O–H groups in total. The lowest BCUT2D eigenvalue weighted by molar-refractivity contribution is -0.119. The van der Waals surface area contributed by atoms with E-state index in [9.17, 15) is 18.4 Å². The number of nitrogens with one attached hydrogen (secondary N) is 1. The second kappa shape index (κ2) is 7.69. The molecule has 1 aliphatic rings. The molecule has 1 fully saturated rings. The van der Waals surface area contributed by atoms with Crippen LogP contribution in [0.2, 0.25) is 0 Å². The summed E-state index contributed by atoms with van der Waals surface area (Å²) < 4.78 is 34.5. The molecule has 8 heteroatoms. The van der Waals surface area contributed by atoms with E-state index in [1.54, 1.807) is 6.07 Å². The number of carbonyl (C=O) groups excluding carboxylic acids is 2. The Labute approximate surface area is 155 Å². The molecule has 1 unspecified atom stereocenters. The third-order valence-electron chi connectivity index (χ3n) is 4.26. The van der Waals surface area contributed by atoms with Gasteiger partial charge < -0.3 is 10.1 Å². The highest BCUT2D eigenvalue weighted by atomic mass is 19.1. The van der Waals surface area contributed by atoms with Crippen LogP contribution in [0.25, 0.3) is 11.1 Å². The van der Waals surface area contributed by atoms with Crippen molar-refractivity contribution < 1.29 is 23.1 Å². The summed E-state index contributed by atoms with van der Waals surface area (Å²) in [6.45, 7) is 3.48. The molecule has 0 radical (unpaired) electrons. The Bertz CT molecular complexity index is 865. The van der Waals surface area contributed by atoms with Crippen LogP contribution in [0.1, 0.15) is 19.5 Å². The maximum atomic E-state index is 14.7. The van der Waals surface area contributed by atoms with Gasteiger partial charge in [0.05, 0.1) is 24.3 Å². The molecule has 6 nitrogen and oxygen atoms in total. The molecule has 1 saturated heterocycles. The fraction of sp³-hybridized carbons (Fsp3) is 0.316. The third-order valence-corrected chi connectivity index (χ3v) is 4.26. The zero-order chi connectivity index (χ0) is 19.6. The Balaban J connectivity index is 1.86. The van der Waals surface area contributed by atoms with E-state index < -0.39 is 23.8 Å². The first-order valence-electron chi connectivity index (χ1n) is 8.56. The first kappa shape index (κ1) is 18.8. The van der Waals surface area contributed by atoms with Crippen LogP contribution in [0.3, 0.4) is 0 Å². The van der Waals surface area contributed by atoms with Gasteiger partial charge in [0.2, 0.25) is 5.91 Å². The van der Waals surface area contributed by atoms with Crippen molar-refractivity contribution in [2.45, 2.75) is 26.4 Å². The Morgan fingerprint density at radius 2 is 2.04 bits per heavy atom. The van der Waals surface area contributed by atoms with Gasteiger partial charge in [-0.2, -0.15) is 0 Å². The summed E-state index contributed by atoms with van der Waals surface area (Å²) in [6.07, 6.45) is 0.851. The number of ether oxygens (including phenoxy) is 1. The summed E-state index contributed by atoms with van der Waals surface area (Å²) in [5.41, 5.74) is 1.00. The minimum absolute atomic E-state index is 0.0637. The fourth-order valence-electron chi connectivity index (χ4n) is 2.91. The summed E-state index contributed by atoms with van der Waals surface area (Å²) in [5.74, 6) is -1.82. The molecule has 0 spiro atoms. The standard InChI is InChI=1S/C19H19F2N3O3/c1-3-13-6-12(4-5-22-13)18-16(20)7-14(8-17(18)21)24-10-15(27-19(24)26)9-23-11(2)25/h4-8,15H,3,9-10H2,1-2H3,(H,23,25). The van der Waals surface area contributed by atoms with Crippen molar-refractivity contribution in [1.82, 2.24) is 10.3 Å². The van der Waals surface area contributed by atoms with Gasteiger partial charge in [0.1, 0.15) is 17.7 Å². The number of anilines is 1. The number of nitrogens with zero attached hydrogens (tertiary/aromatic N) is 2. The lowest BCUT2D eigenvalue weighted by Gasteiger charge is -2.15. The van der Waals surface area contributed by atoms with Crippen LogP contribution < -0.4 is 10.2 Å². The maximum absolute atomic E-state index is 14.7. The van der Waals surface area contributed by atoms with Crippen molar-refractivity contribution in [3.63, 3.8) is 0 Å². The van der Waals surface area contributed by atoms with E-state index in [0.717, 1.165) is 22.7 Å². The maximum Gasteiger partial charge on any atom is 0.414 e. The predicted molar refractivity (Wildman–Crippen MR) is 95.3 cm³/mol. The molecule has 2 amide bonds. The highest BCUT2D eigenvalue weighted by molar-refractivity contribution is 5.90. The van der Waals surface area contributed by atoms with E-state index in [0.29, 0.717) is 12.0 Å². The lowest BCUT2D eigenvalue weighted by atomic mass is 10.0. The van der Waals surface area contributed by atoms with Gasteiger partial charge in [0, 0.05) is 18.8 Å². The Kier molecular flexibility index (Phi) is 5.34. The Morgan fingerprint density at radius 3 is 2.67 bits per heavy atom. The van der Waals surface area contributed by atoms with E-state index in [4.69, 9.17) is 4.74 Å². The third kappa shape index (κ3) is 4.05. The van der Waals surface area contributed by atoms with Gasteiger partial charge in [-0.25, -0.2) is 13.6 Å². The van der Waals surface area contributed by atoms with Gasteiger partial charge in [-0.3, -0.25) is 14.7 Å². The van der Waals surface area contributed by atoms with Crippen LogP contribution >= 0.6 is 0 Å². The summed E-state index contributed by atoms with van der Waals surface area (Å²) in [5, 5.41) is 2.55. The molecular weight excluding hydrogens is 356 g/mol. The number of rotatable bonds is 5. The second-order valence-electron chi connectivity index (χ2n) is 6.23. The number of amides is 2. The van der Waals surface area contributed by atoms with Gasteiger partial charge in [-0.05, 0) is 36.2 Å². The monoisotopic (exact) mass is 375 g/mol. The summed E-state index contributed by atoms with van der Waals surface area (Å²) >= 11 is 0. The molecule has 142 valence electrons. The van der Waals surface area contributed by atoms with E-state index in [1.807, 2.05) is 6.92 Å². The van der Waals surface area contributed by atoms with Crippen molar-refractivity contribution in [3.05, 3.63) is 47.8 Å². The quantitative estimate of drug-likeness (QED) is 0.872. The van der Waals surface area contributed by atoms with E-state index >= 15 is 0 Å². The zero-order valence-corrected chi connectivity index (χ0v) is 15.0. The summed E-state index contributed by atoms with van der Waals surface area (Å²) in [4.78, 5) is 28.3. The number of hydrogen-bond donors (Lipinski definition) is 1. The van der Waals surface area contributed by atoms with Crippen molar-refractivity contribution in [2.24, 2.45) is 0 Å². The molecular formula is C19H19F2N3O3. The van der Waals surface area contributed by atoms with Gasteiger partial charge in [-0.15, -0.1) is 0 Å². The van der Waals surface area contributed by atoms with E-state index in [2.05, 4.69) is 10.3 Å². The molecule has 1 aliphatic heterocycles. The number of carbonyl (C=O) groups is 2. The number of benzene rings is 1. The Morgan fingerprint density at radius 1 is 1.33 bits per heavy atom. The van der Waals surface area contributed by atoms with Gasteiger partial charge >= 0.3 is 6.09 Å².